The topological polar surface area (TPSA) is 64.6 Å². The number of amides is 1. The molecule has 5 nitrogen and oxygen atoms in total. The summed E-state index contributed by atoms with van der Waals surface area (Å²) >= 11 is 0. The number of anilines is 1. The van der Waals surface area contributed by atoms with Crippen molar-refractivity contribution >= 4 is 17.6 Å². The van der Waals surface area contributed by atoms with E-state index in [0.717, 1.165) is 5.56 Å². The van der Waals surface area contributed by atoms with E-state index in [1.165, 1.54) is 6.92 Å². The maximum absolute atomic E-state index is 12.0. The molecule has 1 amide bonds. The summed E-state index contributed by atoms with van der Waals surface area (Å²) in [4.78, 5) is 23.7. The molecule has 0 radical (unpaired) electrons. The van der Waals surface area contributed by atoms with Gasteiger partial charge < -0.3 is 14.8 Å². The highest BCUT2D eigenvalue weighted by molar-refractivity contribution is 5.95. The molecule has 0 aliphatic carbocycles. The van der Waals surface area contributed by atoms with Crippen LogP contribution in [0, 0.1) is 6.92 Å². The number of ether oxygens (including phenoxy) is 2. The van der Waals surface area contributed by atoms with Crippen LogP contribution in [-0.2, 0) is 14.3 Å². The van der Waals surface area contributed by atoms with E-state index in [9.17, 15) is 9.59 Å². The highest BCUT2D eigenvalue weighted by Gasteiger charge is 2.17. The van der Waals surface area contributed by atoms with Crippen LogP contribution in [0.4, 0.5) is 5.69 Å². The second-order valence-corrected chi connectivity index (χ2v) is 5.40. The molecule has 2 rings (SSSR count). The highest BCUT2D eigenvalue weighted by Crippen LogP contribution is 2.12. The number of hydrogen-bond donors (Lipinski definition) is 1. The fourth-order valence-electron chi connectivity index (χ4n) is 2.03. The van der Waals surface area contributed by atoms with Gasteiger partial charge in [-0.25, -0.2) is 0 Å². The molecule has 0 aliphatic rings. The van der Waals surface area contributed by atoms with Gasteiger partial charge in [0.1, 0.15) is 5.75 Å². The maximum Gasteiger partial charge on any atom is 0.310 e. The van der Waals surface area contributed by atoms with Gasteiger partial charge in [-0.3, -0.25) is 9.59 Å². The molecule has 2 aromatic rings. The van der Waals surface area contributed by atoms with Crippen molar-refractivity contribution < 1.29 is 19.1 Å². The van der Waals surface area contributed by atoms with Gasteiger partial charge in [0.2, 0.25) is 0 Å². The van der Waals surface area contributed by atoms with Crippen LogP contribution in [0.3, 0.4) is 0 Å². The van der Waals surface area contributed by atoms with Crippen LogP contribution in [0.5, 0.6) is 5.75 Å². The second-order valence-electron chi connectivity index (χ2n) is 5.40. The van der Waals surface area contributed by atoms with E-state index in [-0.39, 0.29) is 18.9 Å². The smallest absolute Gasteiger partial charge is 0.310 e. The van der Waals surface area contributed by atoms with Crippen LogP contribution in [-0.4, -0.2) is 24.6 Å². The van der Waals surface area contributed by atoms with Gasteiger partial charge in [-0.15, -0.1) is 0 Å². The van der Waals surface area contributed by atoms with Crippen molar-refractivity contribution in [3.8, 4) is 5.75 Å². The van der Waals surface area contributed by atoms with Crippen molar-refractivity contribution in [3.63, 3.8) is 0 Å². The van der Waals surface area contributed by atoms with Crippen LogP contribution >= 0.6 is 0 Å². The van der Waals surface area contributed by atoms with E-state index in [1.807, 2.05) is 49.4 Å². The van der Waals surface area contributed by atoms with Crippen molar-refractivity contribution in [1.82, 2.24) is 0 Å². The van der Waals surface area contributed by atoms with Crippen LogP contribution < -0.4 is 10.1 Å². The fourth-order valence-corrected chi connectivity index (χ4v) is 2.03. The molecule has 0 aliphatic heterocycles. The van der Waals surface area contributed by atoms with Gasteiger partial charge >= 0.3 is 5.97 Å². The van der Waals surface area contributed by atoms with Crippen molar-refractivity contribution in [3.05, 3.63) is 60.2 Å². The summed E-state index contributed by atoms with van der Waals surface area (Å²) in [6, 6.07) is 16.6. The highest BCUT2D eigenvalue weighted by atomic mass is 16.5. The van der Waals surface area contributed by atoms with Crippen molar-refractivity contribution in [2.24, 2.45) is 0 Å². The third-order valence-corrected chi connectivity index (χ3v) is 3.28. The SMILES string of the molecule is Cc1cccc(OCCC(=O)O[C@@H](C)C(=O)Nc2ccccc2)c1. The van der Waals surface area contributed by atoms with Crippen LogP contribution in [0.1, 0.15) is 18.9 Å². The second kappa shape index (κ2) is 8.72. The predicted octanol–water partition coefficient (Wildman–Crippen LogP) is 3.33. The Morgan fingerprint density at radius 3 is 2.54 bits per heavy atom. The summed E-state index contributed by atoms with van der Waals surface area (Å²) in [6.45, 7) is 3.71. The average Bonchev–Trinajstić information content (AvgIpc) is 2.55. The molecule has 0 saturated carbocycles. The quantitative estimate of drug-likeness (QED) is 0.792. The number of benzene rings is 2. The first-order valence-corrected chi connectivity index (χ1v) is 7.79. The van der Waals surface area contributed by atoms with Crippen molar-refractivity contribution in [2.75, 3.05) is 11.9 Å². The molecule has 1 atom stereocenters. The molecule has 0 aromatic heterocycles. The molecule has 0 spiro atoms. The Bertz CT molecular complexity index is 685. The zero-order valence-corrected chi connectivity index (χ0v) is 13.8. The van der Waals surface area contributed by atoms with Gasteiger partial charge in [0.05, 0.1) is 13.0 Å². The van der Waals surface area contributed by atoms with E-state index in [2.05, 4.69) is 5.32 Å². The molecule has 5 heteroatoms. The Morgan fingerprint density at radius 1 is 1.08 bits per heavy atom. The standard InChI is InChI=1S/C19H21NO4/c1-14-7-6-10-17(13-14)23-12-11-18(21)24-15(2)19(22)20-16-8-4-3-5-9-16/h3-10,13,15H,11-12H2,1-2H3,(H,20,22)/t15-/m0/s1. The summed E-state index contributed by atoms with van der Waals surface area (Å²) < 4.78 is 10.6. The number of carbonyl (C=O) groups excluding carboxylic acids is 2. The third-order valence-electron chi connectivity index (χ3n) is 3.28. The summed E-state index contributed by atoms with van der Waals surface area (Å²) in [5.41, 5.74) is 1.74. The Hall–Kier alpha value is -2.82. The van der Waals surface area contributed by atoms with E-state index < -0.39 is 12.1 Å². The normalized spacial score (nSPS) is 11.4. The first-order valence-electron chi connectivity index (χ1n) is 7.79. The zero-order valence-electron chi connectivity index (χ0n) is 13.8. The van der Waals surface area contributed by atoms with Crippen molar-refractivity contribution in [1.29, 1.82) is 0 Å². The molecule has 0 fully saturated rings. The van der Waals surface area contributed by atoms with Crippen LogP contribution in [0.15, 0.2) is 54.6 Å². The summed E-state index contributed by atoms with van der Waals surface area (Å²) in [6.07, 6.45) is -0.784. The molecule has 24 heavy (non-hydrogen) atoms. The van der Waals surface area contributed by atoms with E-state index in [4.69, 9.17) is 9.47 Å². The van der Waals surface area contributed by atoms with E-state index in [0.29, 0.717) is 11.4 Å². The minimum Gasteiger partial charge on any atom is -0.493 e. The van der Waals surface area contributed by atoms with E-state index in [1.54, 1.807) is 12.1 Å². The van der Waals surface area contributed by atoms with Gasteiger partial charge in [0.25, 0.3) is 5.91 Å². The molecule has 1 N–H and O–H groups in total. The van der Waals surface area contributed by atoms with Crippen molar-refractivity contribution in [2.45, 2.75) is 26.4 Å². The summed E-state index contributed by atoms with van der Waals surface area (Å²) in [5.74, 6) is -0.134. The molecule has 126 valence electrons. The minimum atomic E-state index is -0.864. The minimum absolute atomic E-state index is 0.0803. The number of para-hydroxylation sites is 1. The van der Waals surface area contributed by atoms with Gasteiger partial charge in [0, 0.05) is 5.69 Å². The fraction of sp³-hybridized carbons (Fsp3) is 0.263. The summed E-state index contributed by atoms with van der Waals surface area (Å²) in [7, 11) is 0. The Labute approximate surface area is 141 Å². The predicted molar refractivity (Wildman–Crippen MR) is 91.9 cm³/mol. The largest absolute Gasteiger partial charge is 0.493 e. The van der Waals surface area contributed by atoms with Gasteiger partial charge in [-0.1, -0.05) is 30.3 Å². The lowest BCUT2D eigenvalue weighted by molar-refractivity contribution is -0.153. The van der Waals surface area contributed by atoms with Gasteiger partial charge in [-0.2, -0.15) is 0 Å². The molecule has 0 saturated heterocycles. The first kappa shape index (κ1) is 17.5. The zero-order chi connectivity index (χ0) is 17.4. The molecule has 0 bridgehead atoms. The number of rotatable bonds is 7. The summed E-state index contributed by atoms with van der Waals surface area (Å²) in [5, 5.41) is 2.69. The Kier molecular flexibility index (Phi) is 6.37. The Balaban J connectivity index is 1.72. The molecule has 0 heterocycles. The molecule has 2 aromatic carbocycles. The van der Waals surface area contributed by atoms with Gasteiger partial charge in [0.15, 0.2) is 6.10 Å². The lowest BCUT2D eigenvalue weighted by Gasteiger charge is -2.13. The lowest BCUT2D eigenvalue weighted by atomic mass is 10.2. The lowest BCUT2D eigenvalue weighted by Crippen LogP contribution is -2.30. The number of nitrogens with one attached hydrogen (secondary N) is 1. The number of aryl methyl sites for hydroxylation is 1. The molecular weight excluding hydrogens is 306 g/mol. The number of carbonyl (C=O) groups is 2. The molecule has 0 unspecified atom stereocenters. The first-order chi connectivity index (χ1) is 11.5. The maximum atomic E-state index is 12.0. The monoisotopic (exact) mass is 327 g/mol. The number of hydrogen-bond acceptors (Lipinski definition) is 4. The third kappa shape index (κ3) is 5.76. The van der Waals surface area contributed by atoms with Crippen LogP contribution in [0.2, 0.25) is 0 Å². The number of esters is 1. The van der Waals surface area contributed by atoms with E-state index >= 15 is 0 Å². The average molecular weight is 327 g/mol. The van der Waals surface area contributed by atoms with Gasteiger partial charge in [-0.05, 0) is 43.7 Å². The molecular formula is C19H21NO4. The van der Waals surface area contributed by atoms with Crippen LogP contribution in [0.25, 0.3) is 0 Å². The Morgan fingerprint density at radius 2 is 1.83 bits per heavy atom.